The van der Waals surface area contributed by atoms with Gasteiger partial charge >= 0.3 is 0 Å². The summed E-state index contributed by atoms with van der Waals surface area (Å²) in [6, 6.07) is 8.16. The van der Waals surface area contributed by atoms with Crippen LogP contribution in [0, 0.1) is 0 Å². The van der Waals surface area contributed by atoms with Gasteiger partial charge in [-0.3, -0.25) is 4.98 Å². The van der Waals surface area contributed by atoms with Gasteiger partial charge in [-0.25, -0.2) is 0 Å². The molecule has 0 radical (unpaired) electrons. The van der Waals surface area contributed by atoms with Crippen LogP contribution < -0.4 is 5.32 Å². The molecule has 2 aromatic heterocycles. The maximum atomic E-state index is 4.06. The first-order valence-electron chi connectivity index (χ1n) is 5.18. The lowest BCUT2D eigenvalue weighted by Gasteiger charge is -2.08. The maximum Gasteiger partial charge on any atom is 0.0553 e. The van der Waals surface area contributed by atoms with Gasteiger partial charge in [-0.2, -0.15) is 0 Å². The average molecular weight is 201 g/mol. The first-order chi connectivity index (χ1) is 7.40. The standard InChI is InChI=1S/C12H15N3/c1-2-15-8-4-6-12(15)10-14-11-5-3-7-13-9-11/h3-9,14H,2,10H2,1H3. The summed E-state index contributed by atoms with van der Waals surface area (Å²) < 4.78 is 2.23. The Morgan fingerprint density at radius 2 is 2.27 bits per heavy atom. The van der Waals surface area contributed by atoms with Gasteiger partial charge in [0.1, 0.15) is 0 Å². The molecular formula is C12H15N3. The van der Waals surface area contributed by atoms with Crippen LogP contribution in [0.3, 0.4) is 0 Å². The lowest BCUT2D eigenvalue weighted by molar-refractivity contribution is 0.724. The molecule has 1 N–H and O–H groups in total. The van der Waals surface area contributed by atoms with Gasteiger partial charge in [-0.15, -0.1) is 0 Å². The molecule has 0 aliphatic rings. The van der Waals surface area contributed by atoms with Gasteiger partial charge in [0, 0.05) is 30.8 Å². The van der Waals surface area contributed by atoms with Crippen LogP contribution in [0.25, 0.3) is 0 Å². The third-order valence-electron chi connectivity index (χ3n) is 2.40. The van der Waals surface area contributed by atoms with Crippen LogP contribution in [0.4, 0.5) is 5.69 Å². The van der Waals surface area contributed by atoms with E-state index in [0.717, 1.165) is 18.8 Å². The van der Waals surface area contributed by atoms with Crippen LogP contribution in [0.5, 0.6) is 0 Å². The van der Waals surface area contributed by atoms with Crippen LogP contribution in [-0.4, -0.2) is 9.55 Å². The summed E-state index contributed by atoms with van der Waals surface area (Å²) in [6.45, 7) is 4.00. The number of rotatable bonds is 4. The van der Waals surface area contributed by atoms with Crippen LogP contribution in [0.2, 0.25) is 0 Å². The van der Waals surface area contributed by atoms with Crippen LogP contribution in [0.15, 0.2) is 42.9 Å². The molecule has 3 heteroatoms. The molecule has 0 saturated carbocycles. The zero-order valence-corrected chi connectivity index (χ0v) is 8.85. The minimum absolute atomic E-state index is 0.840. The zero-order valence-electron chi connectivity index (χ0n) is 8.85. The zero-order chi connectivity index (χ0) is 10.5. The number of pyridine rings is 1. The van der Waals surface area contributed by atoms with E-state index in [0.29, 0.717) is 0 Å². The van der Waals surface area contributed by atoms with Gasteiger partial charge in [0.25, 0.3) is 0 Å². The fourth-order valence-electron chi connectivity index (χ4n) is 1.58. The SMILES string of the molecule is CCn1cccc1CNc1cccnc1. The Morgan fingerprint density at radius 3 is 3.00 bits per heavy atom. The van der Waals surface area contributed by atoms with E-state index in [1.54, 1.807) is 6.20 Å². The minimum Gasteiger partial charge on any atom is -0.378 e. The third-order valence-corrected chi connectivity index (χ3v) is 2.40. The topological polar surface area (TPSA) is 29.9 Å². The lowest BCUT2D eigenvalue weighted by Crippen LogP contribution is -2.05. The molecule has 0 aliphatic heterocycles. The second-order valence-corrected chi connectivity index (χ2v) is 3.38. The van der Waals surface area contributed by atoms with Gasteiger partial charge in [0.05, 0.1) is 12.2 Å². The van der Waals surface area contributed by atoms with Crippen molar-refractivity contribution < 1.29 is 0 Å². The van der Waals surface area contributed by atoms with E-state index in [1.165, 1.54) is 5.69 Å². The molecule has 0 aliphatic carbocycles. The van der Waals surface area contributed by atoms with Gasteiger partial charge in [-0.1, -0.05) is 0 Å². The van der Waals surface area contributed by atoms with Gasteiger partial charge in [-0.05, 0) is 31.2 Å². The Bertz CT molecular complexity index is 406. The summed E-state index contributed by atoms with van der Waals surface area (Å²) in [5.74, 6) is 0. The molecule has 2 aromatic rings. The van der Waals surface area contributed by atoms with E-state index < -0.39 is 0 Å². The quantitative estimate of drug-likeness (QED) is 0.823. The summed E-state index contributed by atoms with van der Waals surface area (Å²) in [6.07, 6.45) is 5.71. The molecule has 15 heavy (non-hydrogen) atoms. The van der Waals surface area contributed by atoms with Crippen molar-refractivity contribution in [2.45, 2.75) is 20.0 Å². The number of hydrogen-bond donors (Lipinski definition) is 1. The Morgan fingerprint density at radius 1 is 1.33 bits per heavy atom. The summed E-state index contributed by atoms with van der Waals surface area (Å²) in [4.78, 5) is 4.06. The normalized spacial score (nSPS) is 10.2. The number of hydrogen-bond acceptors (Lipinski definition) is 2. The summed E-state index contributed by atoms with van der Waals surface area (Å²) in [5, 5.41) is 3.34. The van der Waals surface area contributed by atoms with Crippen molar-refractivity contribution in [3.63, 3.8) is 0 Å². The van der Waals surface area contributed by atoms with Crippen molar-refractivity contribution in [2.24, 2.45) is 0 Å². The molecule has 0 saturated heterocycles. The molecule has 78 valence electrons. The van der Waals surface area contributed by atoms with E-state index in [9.17, 15) is 0 Å². The summed E-state index contributed by atoms with van der Waals surface area (Å²) in [5.41, 5.74) is 2.35. The predicted octanol–water partition coefficient (Wildman–Crippen LogP) is 2.52. The smallest absolute Gasteiger partial charge is 0.0553 e. The predicted molar refractivity (Wildman–Crippen MR) is 61.7 cm³/mol. The largest absolute Gasteiger partial charge is 0.378 e. The van der Waals surface area contributed by atoms with Crippen LogP contribution in [-0.2, 0) is 13.1 Å². The van der Waals surface area contributed by atoms with Crippen molar-refractivity contribution in [3.8, 4) is 0 Å². The fraction of sp³-hybridized carbons (Fsp3) is 0.250. The molecule has 2 rings (SSSR count). The molecule has 2 heterocycles. The Hall–Kier alpha value is -1.77. The van der Waals surface area contributed by atoms with Gasteiger partial charge < -0.3 is 9.88 Å². The van der Waals surface area contributed by atoms with E-state index in [4.69, 9.17) is 0 Å². The van der Waals surface area contributed by atoms with Crippen molar-refractivity contribution >= 4 is 5.69 Å². The van der Waals surface area contributed by atoms with Crippen molar-refractivity contribution in [3.05, 3.63) is 48.5 Å². The monoisotopic (exact) mass is 201 g/mol. The number of nitrogens with zero attached hydrogens (tertiary/aromatic N) is 2. The van der Waals surface area contributed by atoms with E-state index in [-0.39, 0.29) is 0 Å². The maximum absolute atomic E-state index is 4.06. The molecule has 0 fully saturated rings. The van der Waals surface area contributed by atoms with Crippen molar-refractivity contribution in [2.75, 3.05) is 5.32 Å². The van der Waals surface area contributed by atoms with Crippen molar-refractivity contribution in [1.82, 2.24) is 9.55 Å². The van der Waals surface area contributed by atoms with E-state index in [2.05, 4.69) is 40.1 Å². The Kier molecular flexibility index (Phi) is 3.02. The average Bonchev–Trinajstić information content (AvgIpc) is 2.75. The molecule has 0 amide bonds. The highest BCUT2D eigenvalue weighted by Crippen LogP contribution is 2.07. The highest BCUT2D eigenvalue weighted by molar-refractivity contribution is 5.40. The minimum atomic E-state index is 0.840. The third kappa shape index (κ3) is 2.37. The fourth-order valence-corrected chi connectivity index (χ4v) is 1.58. The second kappa shape index (κ2) is 4.64. The van der Waals surface area contributed by atoms with Crippen LogP contribution in [0.1, 0.15) is 12.6 Å². The van der Waals surface area contributed by atoms with Crippen molar-refractivity contribution in [1.29, 1.82) is 0 Å². The van der Waals surface area contributed by atoms with Crippen LogP contribution >= 0.6 is 0 Å². The van der Waals surface area contributed by atoms with Gasteiger partial charge in [0.2, 0.25) is 0 Å². The van der Waals surface area contributed by atoms with E-state index in [1.807, 2.05) is 18.3 Å². The molecule has 0 unspecified atom stereocenters. The first kappa shape index (κ1) is 9.77. The molecular weight excluding hydrogens is 186 g/mol. The molecule has 0 aromatic carbocycles. The summed E-state index contributed by atoms with van der Waals surface area (Å²) >= 11 is 0. The Balaban J connectivity index is 1.99. The Labute approximate surface area is 89.8 Å². The first-order valence-corrected chi connectivity index (χ1v) is 5.18. The molecule has 3 nitrogen and oxygen atoms in total. The number of aromatic nitrogens is 2. The molecule has 0 spiro atoms. The molecule has 0 atom stereocenters. The highest BCUT2D eigenvalue weighted by Gasteiger charge is 1.98. The second-order valence-electron chi connectivity index (χ2n) is 3.38. The van der Waals surface area contributed by atoms with E-state index >= 15 is 0 Å². The summed E-state index contributed by atoms with van der Waals surface area (Å²) in [7, 11) is 0. The number of anilines is 1. The molecule has 0 bridgehead atoms. The lowest BCUT2D eigenvalue weighted by atomic mass is 10.3. The van der Waals surface area contributed by atoms with Gasteiger partial charge in [0.15, 0.2) is 0 Å². The number of aryl methyl sites for hydroxylation is 1. The highest BCUT2D eigenvalue weighted by atomic mass is 15.0. The number of nitrogens with one attached hydrogen (secondary N) is 1.